The number of hydrogen-bond donors (Lipinski definition) is 2. The van der Waals surface area contributed by atoms with Crippen LogP contribution in [0, 0.1) is 17.7 Å². The third kappa shape index (κ3) is 1.89. The maximum absolute atomic E-state index is 13.7. The molecule has 0 aliphatic carbocycles. The third-order valence-electron chi connectivity index (χ3n) is 5.84. The number of rotatable bonds is 1. The Morgan fingerprint density at radius 3 is 2.59 bits per heavy atom. The van der Waals surface area contributed by atoms with E-state index < -0.39 is 35.0 Å². The van der Waals surface area contributed by atoms with Crippen LogP contribution in [0.2, 0.25) is 0 Å². The fourth-order valence-electron chi connectivity index (χ4n) is 4.79. The van der Waals surface area contributed by atoms with Crippen LogP contribution in [0.5, 0.6) is 0 Å². The molecule has 0 bridgehead atoms. The SMILES string of the molecule is C[C@@H]1N[C@]2(C(=O)Nc3ccccc32)[C@@H]2C(=O)N(c3cccc(F)c3)C(=O)[C@H]12. The maximum atomic E-state index is 13.7. The number of anilines is 2. The molecule has 3 amide bonds. The van der Waals surface area contributed by atoms with E-state index in [1.54, 1.807) is 31.2 Å². The minimum atomic E-state index is -1.30. The zero-order valence-corrected chi connectivity index (χ0v) is 14.4. The van der Waals surface area contributed by atoms with Gasteiger partial charge in [-0.05, 0) is 31.2 Å². The molecule has 3 heterocycles. The zero-order valence-electron chi connectivity index (χ0n) is 14.4. The van der Waals surface area contributed by atoms with Crippen molar-refractivity contribution in [3.63, 3.8) is 0 Å². The van der Waals surface area contributed by atoms with E-state index in [2.05, 4.69) is 10.6 Å². The Bertz CT molecular complexity index is 1020. The Labute approximate surface area is 154 Å². The summed E-state index contributed by atoms with van der Waals surface area (Å²) in [6.07, 6.45) is 0. The second kappa shape index (κ2) is 5.23. The Kier molecular flexibility index (Phi) is 3.13. The highest BCUT2D eigenvalue weighted by Gasteiger charge is 2.69. The topological polar surface area (TPSA) is 78.5 Å². The predicted octanol–water partition coefficient (Wildman–Crippen LogP) is 1.77. The summed E-state index contributed by atoms with van der Waals surface area (Å²) < 4.78 is 13.7. The lowest BCUT2D eigenvalue weighted by Gasteiger charge is -2.29. The van der Waals surface area contributed by atoms with Crippen LogP contribution < -0.4 is 15.5 Å². The number of nitrogens with one attached hydrogen (secondary N) is 2. The second-order valence-corrected chi connectivity index (χ2v) is 7.24. The second-order valence-electron chi connectivity index (χ2n) is 7.24. The van der Waals surface area contributed by atoms with Gasteiger partial charge in [0.1, 0.15) is 11.4 Å². The van der Waals surface area contributed by atoms with Crippen molar-refractivity contribution in [3.8, 4) is 0 Å². The van der Waals surface area contributed by atoms with Crippen molar-refractivity contribution in [1.82, 2.24) is 5.32 Å². The van der Waals surface area contributed by atoms with Gasteiger partial charge in [0, 0.05) is 17.3 Å². The first-order chi connectivity index (χ1) is 12.9. The van der Waals surface area contributed by atoms with E-state index in [1.165, 1.54) is 18.2 Å². The molecular formula is C20H16FN3O3. The van der Waals surface area contributed by atoms with Gasteiger partial charge in [0.2, 0.25) is 17.7 Å². The van der Waals surface area contributed by atoms with Gasteiger partial charge in [0.25, 0.3) is 0 Å². The lowest BCUT2D eigenvalue weighted by molar-refractivity contribution is -0.130. The standard InChI is InChI=1S/C20H16FN3O3/c1-10-15-16(18(26)24(17(15)25)12-6-4-5-11(21)9-12)20(23-10)13-7-2-3-8-14(13)22-19(20)27/h2-10,15-16,23H,1H3,(H,22,27)/t10-,15+,16-,20-/m0/s1. The predicted molar refractivity (Wildman–Crippen MR) is 95.2 cm³/mol. The molecule has 4 atom stereocenters. The van der Waals surface area contributed by atoms with Crippen molar-refractivity contribution in [3.05, 3.63) is 59.9 Å². The van der Waals surface area contributed by atoms with Crippen LogP contribution in [-0.4, -0.2) is 23.8 Å². The molecule has 5 rings (SSSR count). The van der Waals surface area contributed by atoms with E-state index in [-0.39, 0.29) is 17.6 Å². The molecule has 2 fully saturated rings. The Hall–Kier alpha value is -3.06. The number of halogens is 1. The molecule has 2 saturated heterocycles. The van der Waals surface area contributed by atoms with E-state index in [4.69, 9.17) is 0 Å². The first-order valence-electron chi connectivity index (χ1n) is 8.77. The van der Waals surface area contributed by atoms with Gasteiger partial charge in [-0.25, -0.2) is 9.29 Å². The first kappa shape index (κ1) is 16.1. The third-order valence-corrected chi connectivity index (χ3v) is 5.84. The summed E-state index contributed by atoms with van der Waals surface area (Å²) >= 11 is 0. The molecule has 2 aromatic rings. The number of nitrogens with zero attached hydrogens (tertiary/aromatic N) is 1. The molecule has 1 spiro atoms. The molecule has 2 N–H and O–H groups in total. The van der Waals surface area contributed by atoms with Gasteiger partial charge < -0.3 is 5.32 Å². The lowest BCUT2D eigenvalue weighted by atomic mass is 9.76. The molecule has 27 heavy (non-hydrogen) atoms. The number of carbonyl (C=O) groups excluding carboxylic acids is 3. The number of imide groups is 1. The minimum Gasteiger partial charge on any atom is -0.324 e. The number of hydrogen-bond acceptors (Lipinski definition) is 4. The summed E-state index contributed by atoms with van der Waals surface area (Å²) in [5, 5.41) is 6.05. The fourth-order valence-corrected chi connectivity index (χ4v) is 4.79. The minimum absolute atomic E-state index is 0.188. The van der Waals surface area contributed by atoms with Crippen LogP contribution in [0.25, 0.3) is 0 Å². The van der Waals surface area contributed by atoms with Crippen molar-refractivity contribution >= 4 is 29.1 Å². The molecule has 3 aliphatic rings. The Morgan fingerprint density at radius 1 is 1.04 bits per heavy atom. The van der Waals surface area contributed by atoms with Gasteiger partial charge in [-0.1, -0.05) is 24.3 Å². The summed E-state index contributed by atoms with van der Waals surface area (Å²) in [4.78, 5) is 40.4. The normalized spacial score (nSPS) is 31.4. The fraction of sp³-hybridized carbons (Fsp3) is 0.250. The molecule has 0 unspecified atom stereocenters. The van der Waals surface area contributed by atoms with E-state index in [9.17, 15) is 18.8 Å². The molecule has 0 saturated carbocycles. The van der Waals surface area contributed by atoms with Gasteiger partial charge in [0.15, 0.2) is 0 Å². The monoisotopic (exact) mass is 365 g/mol. The first-order valence-corrected chi connectivity index (χ1v) is 8.77. The molecule has 7 heteroatoms. The van der Waals surface area contributed by atoms with Crippen molar-refractivity contribution < 1.29 is 18.8 Å². The van der Waals surface area contributed by atoms with Gasteiger partial charge in [-0.15, -0.1) is 0 Å². The van der Waals surface area contributed by atoms with Crippen LogP contribution in [0.1, 0.15) is 12.5 Å². The molecule has 0 radical (unpaired) electrons. The highest BCUT2D eigenvalue weighted by atomic mass is 19.1. The summed E-state index contributed by atoms with van der Waals surface area (Å²) in [5.41, 5.74) is 0.188. The highest BCUT2D eigenvalue weighted by Crippen LogP contribution is 2.53. The van der Waals surface area contributed by atoms with Crippen molar-refractivity contribution in [2.75, 3.05) is 10.2 Å². The van der Waals surface area contributed by atoms with E-state index in [0.717, 1.165) is 11.0 Å². The molecule has 6 nitrogen and oxygen atoms in total. The number of para-hydroxylation sites is 1. The highest BCUT2D eigenvalue weighted by molar-refractivity contribution is 6.25. The van der Waals surface area contributed by atoms with Crippen LogP contribution in [0.3, 0.4) is 0 Å². The van der Waals surface area contributed by atoms with E-state index >= 15 is 0 Å². The quantitative estimate of drug-likeness (QED) is 0.755. The van der Waals surface area contributed by atoms with Crippen LogP contribution in [0.15, 0.2) is 48.5 Å². The summed E-state index contributed by atoms with van der Waals surface area (Å²) in [6.45, 7) is 1.79. The van der Waals surface area contributed by atoms with Crippen molar-refractivity contribution in [2.45, 2.75) is 18.5 Å². The van der Waals surface area contributed by atoms with Crippen LogP contribution in [0.4, 0.5) is 15.8 Å². The van der Waals surface area contributed by atoms with Gasteiger partial charge in [0.05, 0.1) is 17.5 Å². The number of benzene rings is 2. The zero-order chi connectivity index (χ0) is 18.9. The summed E-state index contributed by atoms with van der Waals surface area (Å²) in [5.74, 6) is -3.35. The summed E-state index contributed by atoms with van der Waals surface area (Å²) in [6, 6.07) is 12.2. The molecule has 2 aromatic carbocycles. The maximum Gasteiger partial charge on any atom is 0.250 e. The summed E-state index contributed by atoms with van der Waals surface area (Å²) in [7, 11) is 0. The van der Waals surface area contributed by atoms with E-state index in [0.29, 0.717) is 11.3 Å². The number of fused-ring (bicyclic) bond motifs is 4. The molecule has 136 valence electrons. The van der Waals surface area contributed by atoms with Gasteiger partial charge in [-0.2, -0.15) is 0 Å². The van der Waals surface area contributed by atoms with Crippen molar-refractivity contribution in [2.24, 2.45) is 11.8 Å². The lowest BCUT2D eigenvalue weighted by Crippen LogP contribution is -2.53. The van der Waals surface area contributed by atoms with E-state index in [1.807, 2.05) is 0 Å². The van der Waals surface area contributed by atoms with Gasteiger partial charge in [-0.3, -0.25) is 19.7 Å². The molecule has 0 aromatic heterocycles. The molecule has 3 aliphatic heterocycles. The van der Waals surface area contributed by atoms with Crippen molar-refractivity contribution in [1.29, 1.82) is 0 Å². The number of amides is 3. The average molecular weight is 365 g/mol. The Morgan fingerprint density at radius 2 is 1.81 bits per heavy atom. The number of carbonyl (C=O) groups is 3. The average Bonchev–Trinajstić information content (AvgIpc) is 3.20. The Balaban J connectivity index is 1.67. The van der Waals surface area contributed by atoms with Crippen LogP contribution >= 0.6 is 0 Å². The smallest absolute Gasteiger partial charge is 0.250 e. The van der Waals surface area contributed by atoms with Crippen LogP contribution in [-0.2, 0) is 19.9 Å². The van der Waals surface area contributed by atoms with Gasteiger partial charge >= 0.3 is 0 Å². The largest absolute Gasteiger partial charge is 0.324 e. The molecular weight excluding hydrogens is 349 g/mol.